The Morgan fingerprint density at radius 1 is 1.32 bits per heavy atom. The maximum absolute atomic E-state index is 13.4. The quantitative estimate of drug-likeness (QED) is 0.825. The summed E-state index contributed by atoms with van der Waals surface area (Å²) in [6.45, 7) is 5.76. The van der Waals surface area contributed by atoms with E-state index < -0.39 is 17.7 Å². The fourth-order valence-corrected chi connectivity index (χ4v) is 1.25. The van der Waals surface area contributed by atoms with Crippen LogP contribution in [0.2, 0.25) is 0 Å². The minimum Gasteiger partial charge on any atom is -0.478 e. The highest BCUT2D eigenvalue weighted by atomic mass is 19.1. The van der Waals surface area contributed by atoms with Crippen LogP contribution in [0.25, 0.3) is 0 Å². The fourth-order valence-electron chi connectivity index (χ4n) is 1.25. The molecule has 0 spiro atoms. The van der Waals surface area contributed by atoms with Gasteiger partial charge in [0.15, 0.2) is 0 Å². The van der Waals surface area contributed by atoms with Gasteiger partial charge in [0.05, 0.1) is 11.3 Å². The van der Waals surface area contributed by atoms with E-state index in [1.54, 1.807) is 6.08 Å². The van der Waals surface area contributed by atoms with Crippen molar-refractivity contribution < 1.29 is 19.1 Å². The Balaban J connectivity index is 2.88. The van der Waals surface area contributed by atoms with Crippen molar-refractivity contribution in [1.82, 2.24) is 0 Å². The molecule has 0 aliphatic rings. The summed E-state index contributed by atoms with van der Waals surface area (Å²) in [6, 6.07) is 3.23. The van der Waals surface area contributed by atoms with E-state index in [9.17, 15) is 14.0 Å². The van der Waals surface area contributed by atoms with Crippen molar-refractivity contribution in [3.05, 3.63) is 41.7 Å². The number of allylic oxidation sites excluding steroid dienone is 1. The molecular weight excluding hydrogens is 249 g/mol. The summed E-state index contributed by atoms with van der Waals surface area (Å²) in [7, 11) is 0. The van der Waals surface area contributed by atoms with E-state index in [1.807, 2.05) is 20.8 Å². The Kier molecular flexibility index (Phi) is 4.43. The van der Waals surface area contributed by atoms with Gasteiger partial charge in [0.25, 0.3) is 0 Å². The lowest BCUT2D eigenvalue weighted by atomic mass is 9.96. The van der Waals surface area contributed by atoms with Gasteiger partial charge in [-0.1, -0.05) is 26.8 Å². The second kappa shape index (κ2) is 5.65. The van der Waals surface area contributed by atoms with Gasteiger partial charge in [0.1, 0.15) is 5.82 Å². The van der Waals surface area contributed by atoms with E-state index in [0.29, 0.717) is 0 Å². The molecule has 4 nitrogen and oxygen atoms in total. The highest BCUT2D eigenvalue weighted by Crippen LogP contribution is 2.17. The normalized spacial score (nSPS) is 11.6. The number of carboxylic acid groups (broad SMARTS) is 1. The number of nitrogens with one attached hydrogen (secondary N) is 1. The number of carboxylic acids is 1. The van der Waals surface area contributed by atoms with Crippen LogP contribution in [0.5, 0.6) is 0 Å². The smallest absolute Gasteiger partial charge is 0.335 e. The highest BCUT2D eigenvalue weighted by molar-refractivity contribution is 6.00. The Bertz CT molecular complexity index is 530. The summed E-state index contributed by atoms with van der Waals surface area (Å²) < 4.78 is 13.4. The molecule has 5 heteroatoms. The van der Waals surface area contributed by atoms with E-state index in [2.05, 4.69) is 5.32 Å². The van der Waals surface area contributed by atoms with E-state index in [-0.39, 0.29) is 16.7 Å². The summed E-state index contributed by atoms with van der Waals surface area (Å²) in [6.07, 6.45) is 2.98. The van der Waals surface area contributed by atoms with E-state index in [1.165, 1.54) is 6.08 Å². The maximum atomic E-state index is 13.4. The number of benzene rings is 1. The van der Waals surface area contributed by atoms with Crippen LogP contribution in [-0.2, 0) is 4.79 Å². The average molecular weight is 265 g/mol. The Morgan fingerprint density at radius 2 is 1.95 bits per heavy atom. The number of amides is 1. The zero-order valence-electron chi connectivity index (χ0n) is 11.0. The summed E-state index contributed by atoms with van der Waals surface area (Å²) in [4.78, 5) is 22.3. The lowest BCUT2D eigenvalue weighted by Crippen LogP contribution is -2.12. The van der Waals surface area contributed by atoms with Gasteiger partial charge in [-0.2, -0.15) is 0 Å². The second-order valence-electron chi connectivity index (χ2n) is 5.19. The van der Waals surface area contributed by atoms with Gasteiger partial charge in [-0.3, -0.25) is 4.79 Å². The van der Waals surface area contributed by atoms with Crippen molar-refractivity contribution in [2.45, 2.75) is 20.8 Å². The molecule has 0 heterocycles. The third-order valence-electron chi connectivity index (χ3n) is 2.21. The maximum Gasteiger partial charge on any atom is 0.335 e. The Morgan fingerprint density at radius 3 is 2.47 bits per heavy atom. The van der Waals surface area contributed by atoms with Crippen molar-refractivity contribution in [2.24, 2.45) is 5.41 Å². The first kappa shape index (κ1) is 14.9. The lowest BCUT2D eigenvalue weighted by molar-refractivity contribution is -0.112. The summed E-state index contributed by atoms with van der Waals surface area (Å²) in [5.74, 6) is -2.36. The number of carbonyl (C=O) groups is 2. The molecule has 102 valence electrons. The molecule has 0 radical (unpaired) electrons. The molecule has 1 aromatic rings. The molecular formula is C14H16FNO3. The first-order valence-electron chi connectivity index (χ1n) is 5.72. The molecule has 0 atom stereocenters. The van der Waals surface area contributed by atoms with Crippen LogP contribution in [0, 0.1) is 11.2 Å². The summed E-state index contributed by atoms with van der Waals surface area (Å²) in [5, 5.41) is 11.1. The SMILES string of the molecule is CC(C)(C)/C=C/C(=O)Nc1cc(C(=O)O)ccc1F. The van der Waals surface area contributed by atoms with Gasteiger partial charge in [0, 0.05) is 0 Å². The van der Waals surface area contributed by atoms with Gasteiger partial charge in [-0.05, 0) is 29.7 Å². The van der Waals surface area contributed by atoms with Crippen LogP contribution in [0.4, 0.5) is 10.1 Å². The molecule has 1 amide bonds. The van der Waals surface area contributed by atoms with E-state index >= 15 is 0 Å². The molecule has 0 aliphatic heterocycles. The standard InChI is InChI=1S/C14H16FNO3/c1-14(2,3)7-6-12(17)16-11-8-9(13(18)19)4-5-10(11)15/h4-8H,1-3H3,(H,16,17)(H,18,19)/b7-6+. The second-order valence-corrected chi connectivity index (χ2v) is 5.19. The van der Waals surface area contributed by atoms with Crippen LogP contribution >= 0.6 is 0 Å². The summed E-state index contributed by atoms with van der Waals surface area (Å²) >= 11 is 0. The largest absolute Gasteiger partial charge is 0.478 e. The molecule has 1 rings (SSSR count). The van der Waals surface area contributed by atoms with Crippen molar-refractivity contribution in [3.63, 3.8) is 0 Å². The van der Waals surface area contributed by atoms with Gasteiger partial charge < -0.3 is 10.4 Å². The molecule has 0 saturated carbocycles. The minimum atomic E-state index is -1.18. The lowest BCUT2D eigenvalue weighted by Gasteiger charge is -2.11. The molecule has 1 aromatic carbocycles. The number of rotatable bonds is 3. The van der Waals surface area contributed by atoms with Gasteiger partial charge in [-0.15, -0.1) is 0 Å². The van der Waals surface area contributed by atoms with Gasteiger partial charge in [0.2, 0.25) is 5.91 Å². The number of hydrogen-bond acceptors (Lipinski definition) is 2. The third-order valence-corrected chi connectivity index (χ3v) is 2.21. The molecule has 0 saturated heterocycles. The minimum absolute atomic E-state index is 0.0866. The predicted molar refractivity (Wildman–Crippen MR) is 70.6 cm³/mol. The Labute approximate surface area is 110 Å². The first-order chi connectivity index (χ1) is 8.69. The predicted octanol–water partition coefficient (Wildman–Crippen LogP) is 3.06. The number of carbonyl (C=O) groups excluding carboxylic acids is 1. The fraction of sp³-hybridized carbons (Fsp3) is 0.286. The molecule has 2 N–H and O–H groups in total. The van der Waals surface area contributed by atoms with Crippen LogP contribution in [0.1, 0.15) is 31.1 Å². The van der Waals surface area contributed by atoms with Crippen LogP contribution in [0.3, 0.4) is 0 Å². The molecule has 0 bridgehead atoms. The van der Waals surface area contributed by atoms with Crippen LogP contribution < -0.4 is 5.32 Å². The number of aromatic carboxylic acids is 1. The Hall–Kier alpha value is -2.17. The molecule has 19 heavy (non-hydrogen) atoms. The topological polar surface area (TPSA) is 66.4 Å². The number of hydrogen-bond donors (Lipinski definition) is 2. The monoisotopic (exact) mass is 265 g/mol. The molecule has 0 unspecified atom stereocenters. The van der Waals surface area contributed by atoms with Crippen molar-refractivity contribution in [2.75, 3.05) is 5.32 Å². The average Bonchev–Trinajstić information content (AvgIpc) is 2.28. The number of halogens is 1. The van der Waals surface area contributed by atoms with Gasteiger partial charge in [-0.25, -0.2) is 9.18 Å². The third kappa shape index (κ3) is 4.91. The summed E-state index contributed by atoms with van der Waals surface area (Å²) in [5.41, 5.74) is -0.404. The molecule has 0 aromatic heterocycles. The van der Waals surface area contributed by atoms with E-state index in [4.69, 9.17) is 5.11 Å². The molecule has 0 aliphatic carbocycles. The van der Waals surface area contributed by atoms with Crippen molar-refractivity contribution in [1.29, 1.82) is 0 Å². The first-order valence-corrected chi connectivity index (χ1v) is 5.72. The zero-order valence-corrected chi connectivity index (χ0v) is 11.0. The highest BCUT2D eigenvalue weighted by Gasteiger charge is 2.11. The molecule has 0 fully saturated rings. The van der Waals surface area contributed by atoms with E-state index in [0.717, 1.165) is 18.2 Å². The van der Waals surface area contributed by atoms with Gasteiger partial charge >= 0.3 is 5.97 Å². The van der Waals surface area contributed by atoms with Crippen LogP contribution in [-0.4, -0.2) is 17.0 Å². The van der Waals surface area contributed by atoms with Crippen LogP contribution in [0.15, 0.2) is 30.4 Å². The zero-order chi connectivity index (χ0) is 14.6. The van der Waals surface area contributed by atoms with Crippen molar-refractivity contribution in [3.8, 4) is 0 Å². The van der Waals surface area contributed by atoms with Crippen molar-refractivity contribution >= 4 is 17.6 Å². The number of anilines is 1.